The maximum absolute atomic E-state index is 4.20. The molecule has 2 atom stereocenters. The van der Waals surface area contributed by atoms with Crippen LogP contribution >= 0.6 is 0 Å². The molecule has 0 heteroatoms. The number of rotatable bonds is 18. The molecule has 23 heavy (non-hydrogen) atoms. The van der Waals surface area contributed by atoms with Gasteiger partial charge in [-0.3, -0.25) is 0 Å². The molecule has 0 aliphatic carbocycles. The molecule has 0 saturated heterocycles. The largest absolute Gasteiger partial charge is 0.0654 e. The van der Waals surface area contributed by atoms with E-state index in [0.29, 0.717) is 5.92 Å². The first-order valence-corrected chi connectivity index (χ1v) is 11.0. The smallest absolute Gasteiger partial charge is 0.0391 e. The van der Waals surface area contributed by atoms with E-state index in [2.05, 4.69) is 27.7 Å². The highest BCUT2D eigenvalue weighted by atomic mass is 14.2. The fourth-order valence-corrected chi connectivity index (χ4v) is 3.67. The van der Waals surface area contributed by atoms with Gasteiger partial charge in [0.2, 0.25) is 0 Å². The molecule has 0 nitrogen and oxygen atoms in total. The molecule has 1 radical (unpaired) electrons. The summed E-state index contributed by atoms with van der Waals surface area (Å²) in [6.07, 6.45) is 24.6. The van der Waals surface area contributed by atoms with Gasteiger partial charge in [0, 0.05) is 0 Å². The van der Waals surface area contributed by atoms with Gasteiger partial charge in [-0.25, -0.2) is 0 Å². The normalized spacial score (nSPS) is 12.9. The van der Waals surface area contributed by atoms with Gasteiger partial charge in [0.15, 0.2) is 0 Å². The Morgan fingerprint density at radius 3 is 1.22 bits per heavy atom. The zero-order chi connectivity index (χ0) is 17.2. The molecule has 0 rings (SSSR count). The van der Waals surface area contributed by atoms with Crippen molar-refractivity contribution in [3.63, 3.8) is 0 Å². The highest BCUT2D eigenvalue weighted by molar-refractivity contribution is 4.66. The maximum Gasteiger partial charge on any atom is -0.0391 e. The van der Waals surface area contributed by atoms with Crippen LogP contribution in [0.15, 0.2) is 0 Å². The van der Waals surface area contributed by atoms with Gasteiger partial charge in [-0.15, -0.1) is 0 Å². The SMILES string of the molecule is [CH2]C(C)C(CC)CCCCCCCCCCCCCCCCC. The lowest BCUT2D eigenvalue weighted by Crippen LogP contribution is -2.07. The monoisotopic (exact) mass is 323 g/mol. The van der Waals surface area contributed by atoms with Gasteiger partial charge >= 0.3 is 0 Å². The molecule has 0 bridgehead atoms. The van der Waals surface area contributed by atoms with Gasteiger partial charge in [-0.05, 0) is 11.8 Å². The zero-order valence-corrected chi connectivity index (χ0v) is 16.9. The molecule has 0 saturated carbocycles. The molecular formula is C23H47. The molecule has 0 N–H and O–H groups in total. The summed E-state index contributed by atoms with van der Waals surface area (Å²) in [6.45, 7) is 11.1. The van der Waals surface area contributed by atoms with E-state index < -0.39 is 0 Å². The Kier molecular flexibility index (Phi) is 18.3. The van der Waals surface area contributed by atoms with Crippen LogP contribution in [0, 0.1) is 18.8 Å². The quantitative estimate of drug-likeness (QED) is 0.221. The second-order valence-electron chi connectivity index (χ2n) is 7.88. The number of hydrogen-bond donors (Lipinski definition) is 0. The molecule has 0 amide bonds. The Labute approximate surface area is 149 Å². The van der Waals surface area contributed by atoms with E-state index in [1.807, 2.05) is 0 Å². The van der Waals surface area contributed by atoms with Crippen LogP contribution in [0.3, 0.4) is 0 Å². The van der Waals surface area contributed by atoms with Gasteiger partial charge in [0.1, 0.15) is 0 Å². The standard InChI is InChI=1S/C23H47/c1-5-7-8-9-10-11-12-13-14-15-16-17-18-19-20-21-23(6-2)22(3)4/h22-23H,3,5-21H2,1-2,4H3. The van der Waals surface area contributed by atoms with E-state index in [9.17, 15) is 0 Å². The molecule has 0 fully saturated rings. The van der Waals surface area contributed by atoms with Crippen LogP contribution in [0.25, 0.3) is 0 Å². The van der Waals surface area contributed by atoms with Crippen molar-refractivity contribution in [1.82, 2.24) is 0 Å². The summed E-state index contributed by atoms with van der Waals surface area (Å²) in [5.74, 6) is 1.49. The third-order valence-electron chi connectivity index (χ3n) is 5.51. The Hall–Kier alpha value is 0. The third kappa shape index (κ3) is 16.6. The lowest BCUT2D eigenvalue weighted by atomic mass is 9.88. The first-order valence-electron chi connectivity index (χ1n) is 11.0. The average Bonchev–Trinajstić information content (AvgIpc) is 2.54. The average molecular weight is 324 g/mol. The van der Waals surface area contributed by atoms with E-state index in [4.69, 9.17) is 0 Å². The van der Waals surface area contributed by atoms with Crippen LogP contribution in [-0.2, 0) is 0 Å². The second kappa shape index (κ2) is 18.3. The first-order chi connectivity index (χ1) is 11.2. The molecule has 2 unspecified atom stereocenters. The molecule has 0 spiro atoms. The van der Waals surface area contributed by atoms with E-state index in [0.717, 1.165) is 5.92 Å². The van der Waals surface area contributed by atoms with E-state index in [1.54, 1.807) is 0 Å². The molecule has 0 aromatic heterocycles. The van der Waals surface area contributed by atoms with Crippen molar-refractivity contribution in [1.29, 1.82) is 0 Å². The van der Waals surface area contributed by atoms with E-state index in [-0.39, 0.29) is 0 Å². The summed E-state index contributed by atoms with van der Waals surface area (Å²) in [6, 6.07) is 0. The second-order valence-corrected chi connectivity index (χ2v) is 7.88. The van der Waals surface area contributed by atoms with Gasteiger partial charge in [-0.1, -0.05) is 137 Å². The van der Waals surface area contributed by atoms with Crippen molar-refractivity contribution in [3.8, 4) is 0 Å². The number of hydrogen-bond acceptors (Lipinski definition) is 0. The van der Waals surface area contributed by atoms with Crippen molar-refractivity contribution >= 4 is 0 Å². The fraction of sp³-hybridized carbons (Fsp3) is 0.957. The first kappa shape index (κ1) is 23.0. The van der Waals surface area contributed by atoms with Crippen molar-refractivity contribution < 1.29 is 0 Å². The minimum Gasteiger partial charge on any atom is -0.0654 e. The zero-order valence-electron chi connectivity index (χ0n) is 16.9. The Bertz CT molecular complexity index is 206. The summed E-state index contributed by atoms with van der Waals surface area (Å²) in [7, 11) is 0. The van der Waals surface area contributed by atoms with Gasteiger partial charge in [0.25, 0.3) is 0 Å². The molecule has 0 aliphatic heterocycles. The molecule has 0 aliphatic rings. The predicted octanol–water partition coefficient (Wildman–Crippen LogP) is 8.74. The third-order valence-corrected chi connectivity index (χ3v) is 5.51. The molecular weight excluding hydrogens is 276 g/mol. The summed E-state index contributed by atoms with van der Waals surface area (Å²) >= 11 is 0. The van der Waals surface area contributed by atoms with Gasteiger partial charge < -0.3 is 0 Å². The number of unbranched alkanes of at least 4 members (excludes halogenated alkanes) is 14. The van der Waals surface area contributed by atoms with Crippen molar-refractivity contribution in [2.45, 2.75) is 130 Å². The van der Waals surface area contributed by atoms with Gasteiger partial charge in [0.05, 0.1) is 0 Å². The van der Waals surface area contributed by atoms with Crippen LogP contribution in [0.2, 0.25) is 0 Å². The van der Waals surface area contributed by atoms with Gasteiger partial charge in [-0.2, -0.15) is 0 Å². The summed E-state index contributed by atoms with van der Waals surface area (Å²) in [5.41, 5.74) is 0. The maximum atomic E-state index is 4.20. The lowest BCUT2D eigenvalue weighted by molar-refractivity contribution is 0.360. The Morgan fingerprint density at radius 1 is 0.565 bits per heavy atom. The van der Waals surface area contributed by atoms with Crippen molar-refractivity contribution in [2.24, 2.45) is 11.8 Å². The molecule has 0 heterocycles. The minimum absolute atomic E-state index is 0.631. The highest BCUT2D eigenvalue weighted by Gasteiger charge is 2.09. The van der Waals surface area contributed by atoms with Crippen molar-refractivity contribution in [3.05, 3.63) is 6.92 Å². The minimum atomic E-state index is 0.631. The predicted molar refractivity (Wildman–Crippen MR) is 108 cm³/mol. The topological polar surface area (TPSA) is 0 Å². The van der Waals surface area contributed by atoms with Crippen molar-refractivity contribution in [2.75, 3.05) is 0 Å². The van der Waals surface area contributed by atoms with Crippen LogP contribution in [0.5, 0.6) is 0 Å². The summed E-state index contributed by atoms with van der Waals surface area (Å²) < 4.78 is 0. The van der Waals surface area contributed by atoms with Crippen LogP contribution in [0.4, 0.5) is 0 Å². The van der Waals surface area contributed by atoms with E-state index in [1.165, 1.54) is 109 Å². The molecule has 0 aromatic rings. The van der Waals surface area contributed by atoms with Crippen LogP contribution in [0.1, 0.15) is 130 Å². The molecule has 0 aromatic carbocycles. The Balaban J connectivity index is 3.10. The van der Waals surface area contributed by atoms with Crippen LogP contribution in [-0.4, -0.2) is 0 Å². The van der Waals surface area contributed by atoms with E-state index >= 15 is 0 Å². The molecule has 139 valence electrons. The van der Waals surface area contributed by atoms with Crippen LogP contribution < -0.4 is 0 Å². The Morgan fingerprint density at radius 2 is 0.913 bits per heavy atom. The summed E-state index contributed by atoms with van der Waals surface area (Å²) in [4.78, 5) is 0. The lowest BCUT2D eigenvalue weighted by Gasteiger charge is -2.18. The highest BCUT2D eigenvalue weighted by Crippen LogP contribution is 2.22. The fourth-order valence-electron chi connectivity index (χ4n) is 3.67. The summed E-state index contributed by atoms with van der Waals surface area (Å²) in [5, 5.41) is 0.